The van der Waals surface area contributed by atoms with E-state index in [1.807, 2.05) is 13.8 Å². The van der Waals surface area contributed by atoms with Crippen LogP contribution >= 0.6 is 0 Å². The molecule has 1 atom stereocenters. The van der Waals surface area contributed by atoms with Crippen LogP contribution in [0.2, 0.25) is 0 Å². The van der Waals surface area contributed by atoms with Gasteiger partial charge in [0.15, 0.2) is 13.2 Å². The molecule has 1 aliphatic rings. The number of imide groups is 2. The molecule has 0 aromatic carbocycles. The van der Waals surface area contributed by atoms with Crippen molar-refractivity contribution in [1.82, 2.24) is 15.1 Å². The molecule has 1 unspecified atom stereocenters. The van der Waals surface area contributed by atoms with Crippen molar-refractivity contribution in [3.63, 3.8) is 0 Å². The summed E-state index contributed by atoms with van der Waals surface area (Å²) in [7, 11) is 1.68. The van der Waals surface area contributed by atoms with Crippen LogP contribution in [0.4, 0.5) is 4.79 Å². The molecule has 0 spiro atoms. The van der Waals surface area contributed by atoms with Crippen molar-refractivity contribution in [1.29, 1.82) is 0 Å². The third kappa shape index (κ3) is 3.53. The Morgan fingerprint density at radius 2 is 1.75 bits per heavy atom. The van der Waals surface area contributed by atoms with Gasteiger partial charge in [-0.2, -0.15) is 0 Å². The molecule has 20 heavy (non-hydrogen) atoms. The number of hydrogen-bond donors (Lipinski definition) is 2. The smallest absolute Gasteiger partial charge is 0.338 e. The number of rotatable bonds is 6. The Morgan fingerprint density at radius 3 is 2.20 bits per heavy atom. The van der Waals surface area contributed by atoms with Gasteiger partial charge in [0.05, 0.1) is 7.05 Å². The molecule has 1 rings (SSSR count). The fourth-order valence-electron chi connectivity index (χ4n) is 1.94. The number of likely N-dealkylation sites (N-methyl/N-ethyl adjacent to an activating group) is 2. The minimum Gasteiger partial charge on any atom is -0.349 e. The van der Waals surface area contributed by atoms with E-state index >= 15 is 0 Å². The second kappa shape index (κ2) is 6.47. The molecule has 0 radical (unpaired) electrons. The van der Waals surface area contributed by atoms with Gasteiger partial charge >= 0.3 is 17.8 Å². The van der Waals surface area contributed by atoms with Crippen molar-refractivity contribution < 1.29 is 24.1 Å². The monoisotopic (exact) mass is 285 g/mol. The van der Waals surface area contributed by atoms with Crippen molar-refractivity contribution in [2.75, 3.05) is 26.8 Å². The third-order valence-electron chi connectivity index (χ3n) is 2.79. The van der Waals surface area contributed by atoms with Gasteiger partial charge in [-0.3, -0.25) is 19.3 Å². The Kier molecular flexibility index (Phi) is 5.20. The van der Waals surface area contributed by atoms with Crippen molar-refractivity contribution in [3.05, 3.63) is 0 Å². The molecule has 1 fully saturated rings. The van der Waals surface area contributed by atoms with Crippen LogP contribution in [0.3, 0.4) is 0 Å². The van der Waals surface area contributed by atoms with Gasteiger partial charge in [0, 0.05) is 12.6 Å². The van der Waals surface area contributed by atoms with E-state index in [2.05, 4.69) is 5.32 Å². The second-order valence-corrected chi connectivity index (χ2v) is 5.08. The summed E-state index contributed by atoms with van der Waals surface area (Å²) in [6, 6.07) is -0.589. The van der Waals surface area contributed by atoms with Gasteiger partial charge in [-0.05, 0) is 20.8 Å². The SMILES string of the molecule is CCN1C(=O)C(=O)N(C[NH+](C)CC(=O)NC(C)C)C1=O. The summed E-state index contributed by atoms with van der Waals surface area (Å²) in [6.45, 7) is 5.59. The Hall–Kier alpha value is -1.96. The Morgan fingerprint density at radius 1 is 1.20 bits per heavy atom. The third-order valence-corrected chi connectivity index (χ3v) is 2.79. The Balaban J connectivity index is 2.60. The summed E-state index contributed by atoms with van der Waals surface area (Å²) in [5.74, 6) is -1.81. The molecule has 1 heterocycles. The number of carbonyl (C=O) groups is 4. The molecular weight excluding hydrogens is 264 g/mol. The molecule has 0 aliphatic carbocycles. The highest BCUT2D eigenvalue weighted by Crippen LogP contribution is 2.09. The average molecular weight is 285 g/mol. The van der Waals surface area contributed by atoms with E-state index in [0.717, 1.165) is 9.80 Å². The van der Waals surface area contributed by atoms with Crippen LogP contribution in [0.15, 0.2) is 0 Å². The number of urea groups is 1. The first-order valence-corrected chi connectivity index (χ1v) is 6.55. The molecule has 1 saturated heterocycles. The van der Waals surface area contributed by atoms with E-state index in [-0.39, 0.29) is 31.7 Å². The lowest BCUT2D eigenvalue weighted by molar-refractivity contribution is -0.879. The lowest BCUT2D eigenvalue weighted by Gasteiger charge is -2.19. The molecule has 112 valence electrons. The largest absolute Gasteiger partial charge is 0.349 e. The first-order valence-electron chi connectivity index (χ1n) is 6.55. The maximum atomic E-state index is 11.9. The first kappa shape index (κ1) is 16.1. The standard InChI is InChI=1S/C12H20N4O4/c1-5-15-10(18)11(19)16(12(15)20)7-14(4)6-9(17)13-8(2)3/h8H,5-7H2,1-4H3,(H,13,17)/p+1. The zero-order valence-corrected chi connectivity index (χ0v) is 12.2. The van der Waals surface area contributed by atoms with Crippen LogP contribution in [-0.4, -0.2) is 66.4 Å². The number of nitrogens with zero attached hydrogens (tertiary/aromatic N) is 2. The van der Waals surface area contributed by atoms with Crippen LogP contribution in [0.1, 0.15) is 20.8 Å². The van der Waals surface area contributed by atoms with E-state index in [1.165, 1.54) is 0 Å². The van der Waals surface area contributed by atoms with Crippen LogP contribution in [0.25, 0.3) is 0 Å². The van der Waals surface area contributed by atoms with Crippen molar-refractivity contribution in [2.24, 2.45) is 0 Å². The molecule has 0 bridgehead atoms. The molecule has 0 aromatic heterocycles. The van der Waals surface area contributed by atoms with Gasteiger partial charge in [0.2, 0.25) is 0 Å². The lowest BCUT2D eigenvalue weighted by atomic mass is 10.4. The second-order valence-electron chi connectivity index (χ2n) is 5.08. The molecule has 2 N–H and O–H groups in total. The predicted molar refractivity (Wildman–Crippen MR) is 69.5 cm³/mol. The highest BCUT2D eigenvalue weighted by Gasteiger charge is 2.45. The fourth-order valence-corrected chi connectivity index (χ4v) is 1.94. The topological polar surface area (TPSA) is 91.2 Å². The molecule has 8 nitrogen and oxygen atoms in total. The zero-order valence-electron chi connectivity index (χ0n) is 12.2. The minimum absolute atomic E-state index is 0.00851. The number of nitrogens with one attached hydrogen (secondary N) is 2. The molecular formula is C12H21N4O4+. The zero-order chi connectivity index (χ0) is 15.4. The predicted octanol–water partition coefficient (Wildman–Crippen LogP) is -2.21. The first-order chi connectivity index (χ1) is 9.27. The van der Waals surface area contributed by atoms with Crippen LogP contribution in [0.5, 0.6) is 0 Å². The van der Waals surface area contributed by atoms with Crippen molar-refractivity contribution >= 4 is 23.8 Å². The molecule has 0 saturated carbocycles. The number of hydrogen-bond acceptors (Lipinski definition) is 4. The fraction of sp³-hybridized carbons (Fsp3) is 0.667. The van der Waals surface area contributed by atoms with Crippen LogP contribution in [0, 0.1) is 0 Å². The quantitative estimate of drug-likeness (QED) is 0.428. The van der Waals surface area contributed by atoms with Gasteiger partial charge in [-0.15, -0.1) is 0 Å². The summed E-state index contributed by atoms with van der Waals surface area (Å²) >= 11 is 0. The summed E-state index contributed by atoms with van der Waals surface area (Å²) in [5.41, 5.74) is 0. The summed E-state index contributed by atoms with van der Waals surface area (Å²) in [5, 5.41) is 2.72. The number of carbonyl (C=O) groups excluding carboxylic acids is 4. The summed E-state index contributed by atoms with van der Waals surface area (Å²) in [4.78, 5) is 49.1. The summed E-state index contributed by atoms with van der Waals surface area (Å²) in [6.07, 6.45) is 0. The van der Waals surface area contributed by atoms with Crippen molar-refractivity contribution in [2.45, 2.75) is 26.8 Å². The molecule has 8 heteroatoms. The van der Waals surface area contributed by atoms with Gasteiger partial charge < -0.3 is 10.2 Å². The van der Waals surface area contributed by atoms with Gasteiger partial charge in [-0.1, -0.05) is 0 Å². The highest BCUT2D eigenvalue weighted by atomic mass is 16.2. The Bertz CT molecular complexity index is 435. The van der Waals surface area contributed by atoms with Gasteiger partial charge in [-0.25, -0.2) is 9.69 Å². The van der Waals surface area contributed by atoms with E-state index in [4.69, 9.17) is 0 Å². The minimum atomic E-state index is -0.833. The van der Waals surface area contributed by atoms with E-state index in [9.17, 15) is 19.2 Å². The average Bonchev–Trinajstić information content (AvgIpc) is 2.52. The van der Waals surface area contributed by atoms with Crippen molar-refractivity contribution in [3.8, 4) is 0 Å². The van der Waals surface area contributed by atoms with Gasteiger partial charge in [0.25, 0.3) is 5.91 Å². The molecule has 1 aliphatic heterocycles. The number of quaternary nitrogens is 1. The van der Waals surface area contributed by atoms with Gasteiger partial charge in [0.1, 0.15) is 0 Å². The normalized spacial score (nSPS) is 17.1. The van der Waals surface area contributed by atoms with Crippen LogP contribution < -0.4 is 10.2 Å². The maximum Gasteiger partial charge on any atom is 0.338 e. The molecule has 5 amide bonds. The number of amides is 5. The van der Waals surface area contributed by atoms with Crippen LogP contribution in [-0.2, 0) is 14.4 Å². The highest BCUT2D eigenvalue weighted by molar-refractivity contribution is 6.44. The lowest BCUT2D eigenvalue weighted by Crippen LogP contribution is -3.12. The molecule has 0 aromatic rings. The van der Waals surface area contributed by atoms with E-state index in [1.54, 1.807) is 14.0 Å². The van der Waals surface area contributed by atoms with E-state index in [0.29, 0.717) is 4.90 Å². The van der Waals surface area contributed by atoms with E-state index < -0.39 is 17.8 Å². The Labute approximate surface area is 117 Å². The summed E-state index contributed by atoms with van der Waals surface area (Å²) < 4.78 is 0. The maximum absolute atomic E-state index is 11.9.